The summed E-state index contributed by atoms with van der Waals surface area (Å²) in [5.74, 6) is 0.300. The van der Waals surface area contributed by atoms with Crippen molar-refractivity contribution in [3.8, 4) is 0 Å². The highest BCUT2D eigenvalue weighted by Crippen LogP contribution is 2.26. The van der Waals surface area contributed by atoms with Crippen molar-refractivity contribution in [1.29, 1.82) is 0 Å². The van der Waals surface area contributed by atoms with Crippen molar-refractivity contribution in [3.05, 3.63) is 33.8 Å². The van der Waals surface area contributed by atoms with Crippen molar-refractivity contribution in [2.45, 2.75) is 39.5 Å². The van der Waals surface area contributed by atoms with Crippen LogP contribution in [-0.2, 0) is 0 Å². The number of hydrogen-bond acceptors (Lipinski definition) is 1. The number of carbonyl (C=O) groups is 1. The Kier molecular flexibility index (Phi) is 6.01. The lowest BCUT2D eigenvalue weighted by Crippen LogP contribution is -2.14. The fourth-order valence-corrected chi connectivity index (χ4v) is 2.29. The van der Waals surface area contributed by atoms with Crippen molar-refractivity contribution in [3.63, 3.8) is 0 Å². The number of hydrogen-bond donors (Lipinski definition) is 0. The van der Waals surface area contributed by atoms with Crippen LogP contribution in [0.25, 0.3) is 0 Å². The van der Waals surface area contributed by atoms with Crippen molar-refractivity contribution >= 4 is 29.0 Å². The van der Waals surface area contributed by atoms with E-state index in [0.29, 0.717) is 15.6 Å². The van der Waals surface area contributed by atoms with Crippen molar-refractivity contribution in [1.82, 2.24) is 0 Å². The van der Waals surface area contributed by atoms with E-state index in [1.165, 1.54) is 0 Å². The second kappa shape index (κ2) is 7.03. The van der Waals surface area contributed by atoms with Crippen LogP contribution in [0.1, 0.15) is 49.9 Å². The molecule has 0 atom stereocenters. The number of carbonyl (C=O) groups excluding carboxylic acids is 1. The van der Waals surface area contributed by atoms with E-state index >= 15 is 0 Å². The van der Waals surface area contributed by atoms with E-state index in [2.05, 4.69) is 13.8 Å². The molecule has 0 spiro atoms. The summed E-state index contributed by atoms with van der Waals surface area (Å²) in [4.78, 5) is 12.3. The van der Waals surface area contributed by atoms with E-state index in [0.717, 1.165) is 25.7 Å². The van der Waals surface area contributed by atoms with Crippen LogP contribution in [0.15, 0.2) is 18.2 Å². The zero-order chi connectivity index (χ0) is 12.8. The maximum Gasteiger partial charge on any atom is 0.165 e. The molecule has 94 valence electrons. The molecule has 1 rings (SSSR count). The van der Waals surface area contributed by atoms with E-state index in [9.17, 15) is 4.79 Å². The smallest absolute Gasteiger partial charge is 0.165 e. The van der Waals surface area contributed by atoms with E-state index in [4.69, 9.17) is 23.2 Å². The molecule has 3 heteroatoms. The SMILES string of the molecule is CCCC(CCC)C(=O)c1ccc(Cl)c(Cl)c1. The van der Waals surface area contributed by atoms with E-state index in [-0.39, 0.29) is 11.7 Å². The molecule has 0 heterocycles. The number of benzene rings is 1. The Morgan fingerprint density at radius 1 is 1.12 bits per heavy atom. The molecule has 0 aliphatic rings. The molecule has 0 bridgehead atoms. The van der Waals surface area contributed by atoms with E-state index < -0.39 is 0 Å². The molecule has 0 saturated carbocycles. The van der Waals surface area contributed by atoms with Gasteiger partial charge in [-0.15, -0.1) is 0 Å². The van der Waals surface area contributed by atoms with Crippen LogP contribution in [-0.4, -0.2) is 5.78 Å². The number of halogens is 2. The first-order valence-corrected chi connectivity index (χ1v) is 6.85. The number of rotatable bonds is 6. The summed E-state index contributed by atoms with van der Waals surface area (Å²) in [6.45, 7) is 4.20. The molecule has 0 amide bonds. The summed E-state index contributed by atoms with van der Waals surface area (Å²) in [5.41, 5.74) is 0.673. The monoisotopic (exact) mass is 272 g/mol. The lowest BCUT2D eigenvalue weighted by atomic mass is 9.90. The molecular weight excluding hydrogens is 255 g/mol. The van der Waals surface area contributed by atoms with Crippen LogP contribution < -0.4 is 0 Å². The third kappa shape index (κ3) is 4.01. The Balaban J connectivity index is 2.88. The third-order valence-electron chi connectivity index (χ3n) is 2.85. The second-order valence-electron chi connectivity index (χ2n) is 4.27. The molecular formula is C14H18Cl2O. The van der Waals surface area contributed by atoms with Gasteiger partial charge in [0.25, 0.3) is 0 Å². The molecule has 0 N–H and O–H groups in total. The second-order valence-corrected chi connectivity index (χ2v) is 5.08. The average molecular weight is 273 g/mol. The zero-order valence-electron chi connectivity index (χ0n) is 10.3. The van der Waals surface area contributed by atoms with Crippen LogP contribution >= 0.6 is 23.2 Å². The van der Waals surface area contributed by atoms with Gasteiger partial charge in [-0.2, -0.15) is 0 Å². The highest BCUT2D eigenvalue weighted by Gasteiger charge is 2.18. The van der Waals surface area contributed by atoms with Gasteiger partial charge in [0.15, 0.2) is 5.78 Å². The van der Waals surface area contributed by atoms with Gasteiger partial charge in [-0.05, 0) is 31.0 Å². The van der Waals surface area contributed by atoms with Gasteiger partial charge < -0.3 is 0 Å². The summed E-state index contributed by atoms with van der Waals surface area (Å²) < 4.78 is 0. The van der Waals surface area contributed by atoms with Gasteiger partial charge >= 0.3 is 0 Å². The van der Waals surface area contributed by atoms with Crippen molar-refractivity contribution in [2.75, 3.05) is 0 Å². The predicted octanol–water partition coefficient (Wildman–Crippen LogP) is 5.39. The summed E-state index contributed by atoms with van der Waals surface area (Å²) in [5, 5.41) is 0.940. The predicted molar refractivity (Wildman–Crippen MR) is 74.1 cm³/mol. The molecule has 0 aliphatic carbocycles. The lowest BCUT2D eigenvalue weighted by molar-refractivity contribution is 0.0905. The largest absolute Gasteiger partial charge is 0.294 e. The van der Waals surface area contributed by atoms with Gasteiger partial charge in [-0.3, -0.25) is 4.79 Å². The average Bonchev–Trinajstić information content (AvgIpc) is 2.31. The molecule has 0 saturated heterocycles. The molecule has 0 radical (unpaired) electrons. The molecule has 1 aromatic carbocycles. The highest BCUT2D eigenvalue weighted by molar-refractivity contribution is 6.42. The normalized spacial score (nSPS) is 10.9. The Bertz CT molecular complexity index is 382. The summed E-state index contributed by atoms with van der Waals surface area (Å²) in [6, 6.07) is 5.12. The van der Waals surface area contributed by atoms with Gasteiger partial charge in [0.05, 0.1) is 10.0 Å². The molecule has 0 aromatic heterocycles. The van der Waals surface area contributed by atoms with Gasteiger partial charge in [0.1, 0.15) is 0 Å². The van der Waals surface area contributed by atoms with Crippen LogP contribution in [0.5, 0.6) is 0 Å². The molecule has 0 unspecified atom stereocenters. The molecule has 0 aliphatic heterocycles. The van der Waals surface area contributed by atoms with Crippen LogP contribution in [0.2, 0.25) is 10.0 Å². The highest BCUT2D eigenvalue weighted by atomic mass is 35.5. The first kappa shape index (κ1) is 14.5. The summed E-state index contributed by atoms with van der Waals surface area (Å²) >= 11 is 11.8. The maximum atomic E-state index is 12.3. The summed E-state index contributed by atoms with van der Waals surface area (Å²) in [6.07, 6.45) is 3.93. The molecule has 1 aromatic rings. The Morgan fingerprint density at radius 3 is 2.18 bits per heavy atom. The fourth-order valence-electron chi connectivity index (χ4n) is 1.99. The molecule has 17 heavy (non-hydrogen) atoms. The minimum atomic E-state index is 0.113. The van der Waals surface area contributed by atoms with Gasteiger partial charge in [0.2, 0.25) is 0 Å². The van der Waals surface area contributed by atoms with Crippen LogP contribution in [0.3, 0.4) is 0 Å². The van der Waals surface area contributed by atoms with Crippen LogP contribution in [0.4, 0.5) is 0 Å². The minimum Gasteiger partial charge on any atom is -0.294 e. The van der Waals surface area contributed by atoms with Gasteiger partial charge in [-0.25, -0.2) is 0 Å². The van der Waals surface area contributed by atoms with Crippen molar-refractivity contribution < 1.29 is 4.79 Å². The zero-order valence-corrected chi connectivity index (χ0v) is 11.8. The number of ketones is 1. The van der Waals surface area contributed by atoms with Crippen LogP contribution in [0, 0.1) is 5.92 Å². The first-order valence-electron chi connectivity index (χ1n) is 6.09. The molecule has 1 nitrogen and oxygen atoms in total. The fraction of sp³-hybridized carbons (Fsp3) is 0.500. The topological polar surface area (TPSA) is 17.1 Å². The van der Waals surface area contributed by atoms with Crippen molar-refractivity contribution in [2.24, 2.45) is 5.92 Å². The third-order valence-corrected chi connectivity index (χ3v) is 3.59. The van der Waals surface area contributed by atoms with E-state index in [1.54, 1.807) is 18.2 Å². The molecule has 0 fully saturated rings. The Labute approximate surface area is 113 Å². The Morgan fingerprint density at radius 2 is 1.71 bits per heavy atom. The summed E-state index contributed by atoms with van der Waals surface area (Å²) in [7, 11) is 0. The first-order chi connectivity index (χ1) is 8.10. The van der Waals surface area contributed by atoms with Gasteiger partial charge in [-0.1, -0.05) is 49.9 Å². The minimum absolute atomic E-state index is 0.113. The lowest BCUT2D eigenvalue weighted by Gasteiger charge is -2.14. The standard InChI is InChI=1S/C14H18Cl2O/c1-3-5-10(6-4-2)14(17)11-7-8-12(15)13(16)9-11/h7-10H,3-6H2,1-2H3. The number of Topliss-reactive ketones (excluding diaryl/α,β-unsaturated/α-hetero) is 1. The quantitative estimate of drug-likeness (QED) is 0.635. The van der Waals surface area contributed by atoms with E-state index in [1.807, 2.05) is 0 Å². The maximum absolute atomic E-state index is 12.3. The Hall–Kier alpha value is -0.530. The van der Waals surface area contributed by atoms with Gasteiger partial charge in [0, 0.05) is 11.5 Å².